The number of thiophene rings is 1. The predicted octanol–water partition coefficient (Wildman–Crippen LogP) is 2.96. The van der Waals surface area contributed by atoms with Crippen LogP contribution >= 0.6 is 11.3 Å². The van der Waals surface area contributed by atoms with Crippen molar-refractivity contribution in [3.8, 4) is 0 Å². The summed E-state index contributed by atoms with van der Waals surface area (Å²) in [7, 11) is 0. The number of hydrogen-bond donors (Lipinski definition) is 3. The molecule has 3 N–H and O–H groups in total. The summed E-state index contributed by atoms with van der Waals surface area (Å²) in [6.45, 7) is 0. The molecule has 2 heterocycles. The Morgan fingerprint density at radius 3 is 2.88 bits per heavy atom. The van der Waals surface area contributed by atoms with Crippen LogP contribution in [0.15, 0.2) is 65.1 Å². The third-order valence-corrected chi connectivity index (χ3v) is 5.14. The van der Waals surface area contributed by atoms with E-state index in [2.05, 4.69) is 51.7 Å². The summed E-state index contributed by atoms with van der Waals surface area (Å²) in [6.07, 6.45) is 2.33. The Bertz CT molecular complexity index is 901. The highest BCUT2D eigenvalue weighted by Gasteiger charge is 2.30. The van der Waals surface area contributed by atoms with Crippen molar-refractivity contribution < 1.29 is 4.79 Å². The molecule has 1 aliphatic heterocycles. The van der Waals surface area contributed by atoms with Crippen LogP contribution in [0.2, 0.25) is 0 Å². The van der Waals surface area contributed by atoms with Gasteiger partial charge in [0.15, 0.2) is 0 Å². The second-order valence-corrected chi connectivity index (χ2v) is 6.93. The summed E-state index contributed by atoms with van der Waals surface area (Å²) >= 11 is 1.58. The Hall–Kier alpha value is -2.54. The Morgan fingerprint density at radius 1 is 1.12 bits per heavy atom. The fourth-order valence-electron chi connectivity index (χ4n) is 3.09. The molecule has 1 amide bonds. The smallest absolute Gasteiger partial charge is 0.258 e. The van der Waals surface area contributed by atoms with Crippen molar-refractivity contribution in [2.75, 3.05) is 0 Å². The highest BCUT2D eigenvalue weighted by Crippen LogP contribution is 2.29. The maximum atomic E-state index is 12.3. The summed E-state index contributed by atoms with van der Waals surface area (Å²) in [5.74, 6) is -0.136. The van der Waals surface area contributed by atoms with Gasteiger partial charge in [0.2, 0.25) is 0 Å². The van der Waals surface area contributed by atoms with Gasteiger partial charge in [-0.1, -0.05) is 48.5 Å². The number of nitrogens with one attached hydrogen (secondary N) is 3. The molecule has 25 heavy (non-hydrogen) atoms. The highest BCUT2D eigenvalue weighted by molar-refractivity contribution is 7.11. The lowest BCUT2D eigenvalue weighted by Crippen LogP contribution is -2.41. The topological polar surface area (TPSA) is 65.5 Å². The number of hydrazone groups is 1. The van der Waals surface area contributed by atoms with Crippen LogP contribution in [0.3, 0.4) is 0 Å². The minimum atomic E-state index is -0.315. The molecule has 2 atom stereocenters. The molecule has 0 saturated carbocycles. The van der Waals surface area contributed by atoms with Gasteiger partial charge in [0.05, 0.1) is 6.21 Å². The molecule has 0 bridgehead atoms. The van der Waals surface area contributed by atoms with Gasteiger partial charge in [-0.05, 0) is 34.2 Å². The summed E-state index contributed by atoms with van der Waals surface area (Å²) in [5.41, 5.74) is 10.1. The first-order valence-electron chi connectivity index (χ1n) is 8.16. The highest BCUT2D eigenvalue weighted by atomic mass is 32.1. The van der Waals surface area contributed by atoms with Crippen molar-refractivity contribution in [3.05, 3.63) is 70.4 Å². The number of carbonyl (C=O) groups is 1. The van der Waals surface area contributed by atoms with Crippen molar-refractivity contribution in [2.24, 2.45) is 5.10 Å². The number of benzene rings is 2. The molecular formula is C19H18N4OS. The van der Waals surface area contributed by atoms with Gasteiger partial charge in [0.1, 0.15) is 6.04 Å². The first-order valence-corrected chi connectivity index (χ1v) is 9.04. The fourth-order valence-corrected chi connectivity index (χ4v) is 3.67. The first kappa shape index (κ1) is 16.0. The van der Waals surface area contributed by atoms with E-state index in [0.717, 1.165) is 4.88 Å². The molecule has 0 radical (unpaired) electrons. The molecule has 1 fully saturated rings. The molecule has 5 nitrogen and oxygen atoms in total. The van der Waals surface area contributed by atoms with Crippen molar-refractivity contribution >= 4 is 34.2 Å². The van der Waals surface area contributed by atoms with Crippen LogP contribution in [-0.2, 0) is 4.79 Å². The van der Waals surface area contributed by atoms with E-state index in [1.807, 2.05) is 29.6 Å². The monoisotopic (exact) mass is 350 g/mol. The van der Waals surface area contributed by atoms with Gasteiger partial charge in [-0.3, -0.25) is 4.79 Å². The number of nitrogens with zero attached hydrogens (tertiary/aromatic N) is 1. The van der Waals surface area contributed by atoms with Crippen LogP contribution in [0.1, 0.15) is 22.9 Å². The Morgan fingerprint density at radius 2 is 2.00 bits per heavy atom. The standard InChI is InChI=1S/C19H18N4OS/c24-19(23-20-12-14-7-4-10-25-14)18-11-17(21-22-18)16-9-3-6-13-5-1-2-8-15(13)16/h1-10,12,17-18,21-22H,11H2,(H,23,24)/b20-12+. The maximum absolute atomic E-state index is 12.3. The average molecular weight is 350 g/mol. The van der Waals surface area contributed by atoms with Gasteiger partial charge in [-0.2, -0.15) is 5.10 Å². The van der Waals surface area contributed by atoms with E-state index in [1.54, 1.807) is 17.6 Å². The van der Waals surface area contributed by atoms with Crippen LogP contribution < -0.4 is 16.3 Å². The van der Waals surface area contributed by atoms with E-state index >= 15 is 0 Å². The lowest BCUT2D eigenvalue weighted by molar-refractivity contribution is -0.122. The largest absolute Gasteiger partial charge is 0.271 e. The molecular weight excluding hydrogens is 332 g/mol. The Balaban J connectivity index is 1.43. The van der Waals surface area contributed by atoms with Gasteiger partial charge in [0.25, 0.3) is 5.91 Å². The predicted molar refractivity (Wildman–Crippen MR) is 101 cm³/mol. The Kier molecular flexibility index (Phi) is 4.56. The average Bonchev–Trinajstić information content (AvgIpc) is 3.33. The lowest BCUT2D eigenvalue weighted by atomic mass is 9.96. The van der Waals surface area contributed by atoms with Crippen LogP contribution in [0.5, 0.6) is 0 Å². The van der Waals surface area contributed by atoms with E-state index in [1.165, 1.54) is 16.3 Å². The molecule has 6 heteroatoms. The zero-order chi connectivity index (χ0) is 17.1. The van der Waals surface area contributed by atoms with Crippen molar-refractivity contribution in [3.63, 3.8) is 0 Å². The summed E-state index contributed by atoms with van der Waals surface area (Å²) < 4.78 is 0. The van der Waals surface area contributed by atoms with Gasteiger partial charge in [0, 0.05) is 10.9 Å². The quantitative estimate of drug-likeness (QED) is 0.501. The molecule has 126 valence electrons. The second-order valence-electron chi connectivity index (χ2n) is 5.95. The van der Waals surface area contributed by atoms with Crippen LogP contribution in [-0.4, -0.2) is 18.2 Å². The minimum absolute atomic E-state index is 0.0862. The summed E-state index contributed by atoms with van der Waals surface area (Å²) in [5, 5.41) is 8.41. The Labute approximate surface area is 149 Å². The first-order chi connectivity index (χ1) is 12.3. The molecule has 1 aromatic heterocycles. The van der Waals surface area contributed by atoms with Gasteiger partial charge >= 0.3 is 0 Å². The normalized spacial score (nSPS) is 20.3. The third kappa shape index (κ3) is 3.46. The summed E-state index contributed by atoms with van der Waals surface area (Å²) in [6, 6.07) is 18.2. The molecule has 4 rings (SSSR count). The minimum Gasteiger partial charge on any atom is -0.271 e. The molecule has 0 spiro atoms. The van der Waals surface area contributed by atoms with Crippen LogP contribution in [0, 0.1) is 0 Å². The van der Waals surface area contributed by atoms with Crippen molar-refractivity contribution in [1.29, 1.82) is 0 Å². The van der Waals surface area contributed by atoms with E-state index in [4.69, 9.17) is 0 Å². The van der Waals surface area contributed by atoms with Gasteiger partial charge < -0.3 is 0 Å². The zero-order valence-electron chi connectivity index (χ0n) is 13.5. The molecule has 2 unspecified atom stereocenters. The molecule has 1 aliphatic rings. The molecule has 2 aromatic carbocycles. The fraction of sp³-hybridized carbons (Fsp3) is 0.158. The number of rotatable bonds is 4. The molecule has 0 aliphatic carbocycles. The second kappa shape index (κ2) is 7.14. The van der Waals surface area contributed by atoms with Crippen molar-refractivity contribution in [1.82, 2.24) is 16.3 Å². The zero-order valence-corrected chi connectivity index (χ0v) is 14.3. The van der Waals surface area contributed by atoms with E-state index in [-0.39, 0.29) is 18.0 Å². The molecule has 1 saturated heterocycles. The summed E-state index contributed by atoms with van der Waals surface area (Å²) in [4.78, 5) is 13.3. The number of hydrogen-bond acceptors (Lipinski definition) is 5. The van der Waals surface area contributed by atoms with Gasteiger partial charge in [-0.15, -0.1) is 11.3 Å². The van der Waals surface area contributed by atoms with E-state index in [9.17, 15) is 4.79 Å². The third-order valence-electron chi connectivity index (χ3n) is 4.33. The van der Waals surface area contributed by atoms with E-state index in [0.29, 0.717) is 6.42 Å². The number of fused-ring (bicyclic) bond motifs is 1. The van der Waals surface area contributed by atoms with Crippen molar-refractivity contribution in [2.45, 2.75) is 18.5 Å². The number of carbonyl (C=O) groups excluding carboxylic acids is 1. The van der Waals surface area contributed by atoms with E-state index < -0.39 is 0 Å². The van der Waals surface area contributed by atoms with Crippen LogP contribution in [0.4, 0.5) is 0 Å². The number of hydrazine groups is 1. The maximum Gasteiger partial charge on any atom is 0.258 e. The van der Waals surface area contributed by atoms with Gasteiger partial charge in [-0.25, -0.2) is 16.3 Å². The van der Waals surface area contributed by atoms with Crippen LogP contribution in [0.25, 0.3) is 10.8 Å². The SMILES string of the molecule is O=C(N/N=C/c1cccs1)C1CC(c2cccc3ccccc23)NN1. The number of amides is 1. The molecule has 3 aromatic rings. The lowest BCUT2D eigenvalue weighted by Gasteiger charge is -2.13.